The highest BCUT2D eigenvalue weighted by molar-refractivity contribution is 5.85. The largest absolute Gasteiger partial charge is 0.444 e. The van der Waals surface area contributed by atoms with E-state index in [2.05, 4.69) is 26.1 Å². The number of carbonyl (C=O) groups excluding carboxylic acids is 3. The molecule has 12 nitrogen and oxygen atoms in total. The first-order valence-corrected chi connectivity index (χ1v) is 13.1. The summed E-state index contributed by atoms with van der Waals surface area (Å²) in [7, 11) is 0. The normalized spacial score (nSPS) is 14.3. The number of nitrogens with one attached hydrogen (secondary N) is 3. The Morgan fingerprint density at radius 3 is 2.49 bits per heavy atom. The Labute approximate surface area is 236 Å². The number of hydrogen-bond acceptors (Lipinski definition) is 8. The molecule has 0 saturated carbocycles. The first-order valence-electron chi connectivity index (χ1n) is 13.1. The van der Waals surface area contributed by atoms with Crippen molar-refractivity contribution in [1.82, 2.24) is 20.3 Å². The van der Waals surface area contributed by atoms with Crippen LogP contribution in [0.1, 0.15) is 55.7 Å². The SMILES string of the molecule is CC(C)(C)OC(=O)NN=Cc1ccc(CNC(=O)C2CCc3ncc(NC(=O)OCc4ccccc4)c(=O)n32)cc1. The standard InChI is InChI=1S/C29H32N6O6/c1-29(2,3)41-28(39)34-32-16-20-11-9-19(10-12-20)15-31-25(36)23-13-14-24-30-17-22(26(37)35(23)24)33-27(38)40-18-21-7-5-4-6-8-21/h4-12,16-17,23H,13-15,18H2,1-3H3,(H,31,36)(H,33,38)(H,34,39). The minimum absolute atomic E-state index is 0.0498. The maximum Gasteiger partial charge on any atom is 0.428 e. The van der Waals surface area contributed by atoms with Crippen LogP contribution in [0.5, 0.6) is 0 Å². The van der Waals surface area contributed by atoms with Crippen LogP contribution >= 0.6 is 0 Å². The number of nitrogens with zero attached hydrogens (tertiary/aromatic N) is 3. The van der Waals surface area contributed by atoms with E-state index < -0.39 is 29.4 Å². The lowest BCUT2D eigenvalue weighted by molar-refractivity contribution is -0.124. The zero-order valence-corrected chi connectivity index (χ0v) is 23.0. The summed E-state index contributed by atoms with van der Waals surface area (Å²) in [4.78, 5) is 54.3. The molecule has 0 bridgehead atoms. The van der Waals surface area contributed by atoms with Crippen LogP contribution in [0.15, 0.2) is 70.7 Å². The number of fused-ring (bicyclic) bond motifs is 1. The van der Waals surface area contributed by atoms with Crippen LogP contribution in [-0.4, -0.2) is 39.5 Å². The number of hydrazone groups is 1. The van der Waals surface area contributed by atoms with Gasteiger partial charge in [0.05, 0.1) is 12.4 Å². The highest BCUT2D eigenvalue weighted by atomic mass is 16.6. The van der Waals surface area contributed by atoms with Gasteiger partial charge >= 0.3 is 12.2 Å². The molecular weight excluding hydrogens is 528 g/mol. The third kappa shape index (κ3) is 8.24. The third-order valence-electron chi connectivity index (χ3n) is 5.99. The molecule has 3 amide bonds. The number of rotatable bonds is 8. The minimum Gasteiger partial charge on any atom is -0.444 e. The van der Waals surface area contributed by atoms with Crippen molar-refractivity contribution in [3.63, 3.8) is 0 Å². The Morgan fingerprint density at radius 2 is 1.78 bits per heavy atom. The fourth-order valence-corrected chi connectivity index (χ4v) is 4.10. The summed E-state index contributed by atoms with van der Waals surface area (Å²) in [5, 5.41) is 9.16. The molecule has 0 aliphatic carbocycles. The molecule has 3 aromatic rings. The number of carbonyl (C=O) groups is 3. The Morgan fingerprint density at radius 1 is 1.05 bits per heavy atom. The first-order chi connectivity index (χ1) is 19.6. The second-order valence-electron chi connectivity index (χ2n) is 10.3. The Kier molecular flexibility index (Phi) is 9.12. The van der Waals surface area contributed by atoms with Gasteiger partial charge in [0.25, 0.3) is 5.56 Å². The molecule has 12 heteroatoms. The molecule has 2 aromatic carbocycles. The molecule has 4 rings (SSSR count). The van der Waals surface area contributed by atoms with Crippen LogP contribution in [0.2, 0.25) is 0 Å². The smallest absolute Gasteiger partial charge is 0.428 e. The van der Waals surface area contributed by atoms with Crippen molar-refractivity contribution in [1.29, 1.82) is 0 Å². The van der Waals surface area contributed by atoms with E-state index in [1.807, 2.05) is 42.5 Å². The summed E-state index contributed by atoms with van der Waals surface area (Å²) >= 11 is 0. The maximum absolute atomic E-state index is 13.1. The second-order valence-corrected chi connectivity index (χ2v) is 10.3. The Hall–Kier alpha value is -5.00. The van der Waals surface area contributed by atoms with Crippen molar-refractivity contribution in [3.8, 4) is 0 Å². The summed E-state index contributed by atoms with van der Waals surface area (Å²) in [5.74, 6) is 0.144. The van der Waals surface area contributed by atoms with Crippen LogP contribution < -0.4 is 21.6 Å². The Bertz CT molecular complexity index is 1480. The van der Waals surface area contributed by atoms with E-state index in [1.165, 1.54) is 17.0 Å². The van der Waals surface area contributed by atoms with Crippen LogP contribution in [0.4, 0.5) is 15.3 Å². The van der Waals surface area contributed by atoms with Gasteiger partial charge in [-0.25, -0.2) is 20.0 Å². The topological polar surface area (TPSA) is 153 Å². The molecule has 1 aromatic heterocycles. The van der Waals surface area contributed by atoms with Gasteiger partial charge in [0, 0.05) is 13.0 Å². The third-order valence-corrected chi connectivity index (χ3v) is 5.99. The number of aromatic nitrogens is 2. The van der Waals surface area contributed by atoms with Gasteiger partial charge in [-0.2, -0.15) is 5.10 Å². The van der Waals surface area contributed by atoms with Crippen molar-refractivity contribution in [2.75, 3.05) is 5.32 Å². The van der Waals surface area contributed by atoms with Crippen LogP contribution in [0.3, 0.4) is 0 Å². The zero-order chi connectivity index (χ0) is 29.4. The number of hydrogen-bond donors (Lipinski definition) is 3. The fourth-order valence-electron chi connectivity index (χ4n) is 4.10. The van der Waals surface area contributed by atoms with Crippen molar-refractivity contribution >= 4 is 30.0 Å². The van der Waals surface area contributed by atoms with Crippen LogP contribution in [0.25, 0.3) is 0 Å². The predicted molar refractivity (Wildman–Crippen MR) is 151 cm³/mol. The number of anilines is 1. The number of amides is 3. The molecule has 1 unspecified atom stereocenters. The molecule has 0 saturated heterocycles. The molecule has 1 aliphatic heterocycles. The van der Waals surface area contributed by atoms with E-state index in [0.29, 0.717) is 18.7 Å². The fraction of sp³-hybridized carbons (Fsp3) is 0.310. The van der Waals surface area contributed by atoms with E-state index in [1.54, 1.807) is 32.9 Å². The molecule has 1 aliphatic rings. The van der Waals surface area contributed by atoms with E-state index in [9.17, 15) is 19.2 Å². The van der Waals surface area contributed by atoms with Crippen molar-refractivity contribution in [3.05, 3.63) is 93.7 Å². The number of benzene rings is 2. The monoisotopic (exact) mass is 560 g/mol. The van der Waals surface area contributed by atoms with Gasteiger partial charge in [-0.05, 0) is 43.9 Å². The van der Waals surface area contributed by atoms with Crippen LogP contribution in [0, 0.1) is 0 Å². The lowest BCUT2D eigenvalue weighted by atomic mass is 10.1. The zero-order valence-electron chi connectivity index (χ0n) is 23.0. The summed E-state index contributed by atoms with van der Waals surface area (Å²) in [6.45, 7) is 5.57. The highest BCUT2D eigenvalue weighted by Gasteiger charge is 2.31. The molecule has 0 radical (unpaired) electrons. The molecular formula is C29H32N6O6. The first kappa shape index (κ1) is 29.0. The highest BCUT2D eigenvalue weighted by Crippen LogP contribution is 2.23. The van der Waals surface area contributed by atoms with E-state index >= 15 is 0 Å². The summed E-state index contributed by atoms with van der Waals surface area (Å²) in [6.07, 6.45) is 2.19. The maximum atomic E-state index is 13.1. The van der Waals surface area contributed by atoms with Gasteiger partial charge in [-0.15, -0.1) is 0 Å². The van der Waals surface area contributed by atoms with Gasteiger partial charge < -0.3 is 14.8 Å². The lowest BCUT2D eigenvalue weighted by Crippen LogP contribution is -2.36. The molecule has 1 atom stereocenters. The summed E-state index contributed by atoms with van der Waals surface area (Å²) in [5.41, 5.74) is 3.47. The number of ether oxygens (including phenoxy) is 2. The van der Waals surface area contributed by atoms with E-state index in [0.717, 1.165) is 16.7 Å². The molecule has 41 heavy (non-hydrogen) atoms. The van der Waals surface area contributed by atoms with Crippen molar-refractivity contribution in [2.24, 2.45) is 5.10 Å². The average Bonchev–Trinajstić information content (AvgIpc) is 3.38. The second kappa shape index (κ2) is 12.9. The van der Waals surface area contributed by atoms with E-state index in [4.69, 9.17) is 9.47 Å². The van der Waals surface area contributed by atoms with Crippen molar-refractivity contribution in [2.45, 2.75) is 58.4 Å². The Balaban J connectivity index is 1.31. The molecule has 3 N–H and O–H groups in total. The lowest BCUT2D eigenvalue weighted by Gasteiger charge is -2.18. The summed E-state index contributed by atoms with van der Waals surface area (Å²) < 4.78 is 11.6. The van der Waals surface area contributed by atoms with Gasteiger partial charge in [0.2, 0.25) is 5.91 Å². The van der Waals surface area contributed by atoms with Gasteiger partial charge in [0.15, 0.2) is 0 Å². The number of aryl methyl sites for hydroxylation is 1. The molecule has 0 fully saturated rings. The predicted octanol–water partition coefficient (Wildman–Crippen LogP) is 3.65. The van der Waals surface area contributed by atoms with Crippen molar-refractivity contribution < 1.29 is 23.9 Å². The quantitative estimate of drug-likeness (QED) is 0.281. The van der Waals surface area contributed by atoms with Gasteiger partial charge in [0.1, 0.15) is 29.8 Å². The molecule has 214 valence electrons. The average molecular weight is 561 g/mol. The molecule has 0 spiro atoms. The summed E-state index contributed by atoms with van der Waals surface area (Å²) in [6, 6.07) is 15.6. The van der Waals surface area contributed by atoms with Crippen LogP contribution in [-0.2, 0) is 33.8 Å². The molecule has 2 heterocycles. The van der Waals surface area contributed by atoms with E-state index in [-0.39, 0.29) is 24.7 Å². The van der Waals surface area contributed by atoms with Gasteiger partial charge in [-0.3, -0.25) is 19.5 Å². The van der Waals surface area contributed by atoms with Gasteiger partial charge in [-0.1, -0.05) is 54.6 Å². The minimum atomic E-state index is -0.790.